The first-order valence-corrected chi connectivity index (χ1v) is 8.05. The van der Waals surface area contributed by atoms with Crippen molar-refractivity contribution in [3.8, 4) is 5.75 Å². The van der Waals surface area contributed by atoms with Gasteiger partial charge in [-0.3, -0.25) is 4.79 Å². The monoisotopic (exact) mass is 397 g/mol. The fraction of sp³-hybridized carbons (Fsp3) is 0.263. The molecule has 0 aliphatic rings. The summed E-state index contributed by atoms with van der Waals surface area (Å²) in [6.07, 6.45) is -5.98. The maximum absolute atomic E-state index is 12.6. The highest BCUT2D eigenvalue weighted by Gasteiger charge is 2.32. The molecule has 0 aliphatic carbocycles. The van der Waals surface area contributed by atoms with Crippen molar-refractivity contribution in [3.05, 3.63) is 65.2 Å². The molecule has 0 saturated carbocycles. The van der Waals surface area contributed by atoms with Crippen LogP contribution >= 0.6 is 0 Å². The van der Waals surface area contributed by atoms with Gasteiger partial charge in [-0.15, -0.1) is 0 Å². The highest BCUT2D eigenvalue weighted by molar-refractivity contribution is 5.97. The van der Waals surface area contributed by atoms with Crippen LogP contribution in [0.5, 0.6) is 5.75 Å². The lowest BCUT2D eigenvalue weighted by Gasteiger charge is -2.22. The van der Waals surface area contributed by atoms with E-state index in [-0.39, 0.29) is 5.56 Å². The predicted octanol–water partition coefficient (Wildman–Crippen LogP) is 2.72. The van der Waals surface area contributed by atoms with Crippen molar-refractivity contribution in [2.75, 3.05) is 14.2 Å². The smallest absolute Gasteiger partial charge is 0.416 e. The molecule has 2 rings (SSSR count). The van der Waals surface area contributed by atoms with Crippen molar-refractivity contribution < 1.29 is 37.3 Å². The predicted molar refractivity (Wildman–Crippen MR) is 92.7 cm³/mol. The number of halogens is 3. The summed E-state index contributed by atoms with van der Waals surface area (Å²) in [5.41, 5.74) is -0.709. The third kappa shape index (κ3) is 5.01. The van der Waals surface area contributed by atoms with Crippen LogP contribution in [0.2, 0.25) is 0 Å². The zero-order chi connectivity index (χ0) is 20.9. The van der Waals surface area contributed by atoms with Crippen molar-refractivity contribution >= 4 is 11.9 Å². The quantitative estimate of drug-likeness (QED) is 0.733. The summed E-state index contributed by atoms with van der Waals surface area (Å²) in [5.74, 6) is -1.22. The number of aliphatic hydroxyl groups is 1. The molecule has 9 heteroatoms. The number of carbonyl (C=O) groups excluding carboxylic acids is 2. The van der Waals surface area contributed by atoms with E-state index < -0.39 is 35.8 Å². The SMILES string of the molecule is COC(=O)C(NC(=O)c1ccc(C(F)(F)F)cc1)C(O)c1ccc(OC)cc1. The van der Waals surface area contributed by atoms with Gasteiger partial charge in [-0.25, -0.2) is 4.79 Å². The average molecular weight is 397 g/mol. The summed E-state index contributed by atoms with van der Waals surface area (Å²) in [6, 6.07) is 8.12. The highest BCUT2D eigenvalue weighted by Crippen LogP contribution is 2.29. The van der Waals surface area contributed by atoms with E-state index in [4.69, 9.17) is 4.74 Å². The van der Waals surface area contributed by atoms with Gasteiger partial charge in [0, 0.05) is 5.56 Å². The van der Waals surface area contributed by atoms with Gasteiger partial charge in [0.25, 0.3) is 5.91 Å². The van der Waals surface area contributed by atoms with Crippen LogP contribution in [-0.2, 0) is 15.7 Å². The summed E-state index contributed by atoms with van der Waals surface area (Å²) >= 11 is 0. The van der Waals surface area contributed by atoms with Crippen LogP contribution in [0.1, 0.15) is 27.6 Å². The van der Waals surface area contributed by atoms with Gasteiger partial charge in [0.1, 0.15) is 11.9 Å². The Morgan fingerprint density at radius 1 is 1.00 bits per heavy atom. The van der Waals surface area contributed by atoms with Crippen molar-refractivity contribution in [3.63, 3.8) is 0 Å². The van der Waals surface area contributed by atoms with E-state index in [1.807, 2.05) is 0 Å². The molecule has 2 atom stereocenters. The first-order valence-electron chi connectivity index (χ1n) is 8.05. The molecule has 0 aliphatic heterocycles. The summed E-state index contributed by atoms with van der Waals surface area (Å²) in [6.45, 7) is 0. The molecule has 0 saturated heterocycles. The molecule has 6 nitrogen and oxygen atoms in total. The molecule has 2 aromatic carbocycles. The summed E-state index contributed by atoms with van der Waals surface area (Å²) in [7, 11) is 2.55. The molecule has 0 fully saturated rings. The van der Waals surface area contributed by atoms with Gasteiger partial charge in [-0.05, 0) is 42.0 Å². The molecule has 2 N–H and O–H groups in total. The minimum absolute atomic E-state index is 0.108. The Bertz CT molecular complexity index is 819. The zero-order valence-corrected chi connectivity index (χ0v) is 15.0. The largest absolute Gasteiger partial charge is 0.497 e. The Balaban J connectivity index is 2.21. The van der Waals surface area contributed by atoms with Crippen LogP contribution in [0.25, 0.3) is 0 Å². The number of carbonyl (C=O) groups is 2. The number of amides is 1. The molecule has 0 bridgehead atoms. The van der Waals surface area contributed by atoms with Crippen molar-refractivity contribution in [1.29, 1.82) is 0 Å². The molecule has 0 spiro atoms. The maximum Gasteiger partial charge on any atom is 0.416 e. The van der Waals surface area contributed by atoms with Crippen LogP contribution in [0, 0.1) is 0 Å². The van der Waals surface area contributed by atoms with Gasteiger partial charge in [0.05, 0.1) is 19.8 Å². The second kappa shape index (κ2) is 8.75. The number of benzene rings is 2. The standard InChI is InChI=1S/C19H18F3NO5/c1-27-14-9-5-11(6-10-14)16(24)15(18(26)28-2)23-17(25)12-3-7-13(8-4-12)19(20,21)22/h3-10,15-16,24H,1-2H3,(H,23,25). The number of methoxy groups -OCH3 is 2. The number of rotatable bonds is 6. The van der Waals surface area contributed by atoms with Gasteiger partial charge in [0.2, 0.25) is 0 Å². The van der Waals surface area contributed by atoms with E-state index in [1.165, 1.54) is 19.2 Å². The highest BCUT2D eigenvalue weighted by atomic mass is 19.4. The number of hydrogen-bond acceptors (Lipinski definition) is 5. The van der Waals surface area contributed by atoms with E-state index in [0.717, 1.165) is 31.4 Å². The minimum Gasteiger partial charge on any atom is -0.497 e. The number of alkyl halides is 3. The lowest BCUT2D eigenvalue weighted by Crippen LogP contribution is -2.45. The molecule has 0 heterocycles. The third-order valence-electron chi connectivity index (χ3n) is 3.99. The van der Waals surface area contributed by atoms with Gasteiger partial charge in [-0.2, -0.15) is 13.2 Å². The molecule has 28 heavy (non-hydrogen) atoms. The van der Waals surface area contributed by atoms with E-state index >= 15 is 0 Å². The van der Waals surface area contributed by atoms with Crippen LogP contribution in [-0.4, -0.2) is 37.2 Å². The molecule has 1 amide bonds. The second-order valence-corrected chi connectivity index (χ2v) is 5.77. The zero-order valence-electron chi connectivity index (χ0n) is 15.0. The molecule has 0 radical (unpaired) electrons. The lowest BCUT2D eigenvalue weighted by molar-refractivity contribution is -0.146. The Morgan fingerprint density at radius 2 is 1.57 bits per heavy atom. The van der Waals surface area contributed by atoms with Crippen molar-refractivity contribution in [2.45, 2.75) is 18.3 Å². The van der Waals surface area contributed by atoms with Crippen LogP contribution in [0.15, 0.2) is 48.5 Å². The maximum atomic E-state index is 12.6. The summed E-state index contributed by atoms with van der Waals surface area (Å²) < 4.78 is 47.5. The topological polar surface area (TPSA) is 84.9 Å². The van der Waals surface area contributed by atoms with Crippen molar-refractivity contribution in [2.24, 2.45) is 0 Å². The number of nitrogens with one attached hydrogen (secondary N) is 1. The number of esters is 1. The molecule has 0 aromatic heterocycles. The third-order valence-corrected chi connectivity index (χ3v) is 3.99. The molecular formula is C19H18F3NO5. The van der Waals surface area contributed by atoms with Crippen molar-refractivity contribution in [1.82, 2.24) is 5.32 Å². The first kappa shape index (κ1) is 21.2. The Kier molecular flexibility index (Phi) is 6.63. The fourth-order valence-corrected chi connectivity index (χ4v) is 2.42. The molecule has 2 unspecified atom stereocenters. The van der Waals surface area contributed by atoms with E-state index in [0.29, 0.717) is 11.3 Å². The number of hydrogen-bond donors (Lipinski definition) is 2. The Hall–Kier alpha value is -3.07. The second-order valence-electron chi connectivity index (χ2n) is 5.77. The number of aliphatic hydroxyl groups excluding tert-OH is 1. The van der Waals surface area contributed by atoms with Gasteiger partial charge < -0.3 is 19.9 Å². The molecular weight excluding hydrogens is 379 g/mol. The summed E-state index contributed by atoms with van der Waals surface area (Å²) in [4.78, 5) is 24.4. The summed E-state index contributed by atoms with van der Waals surface area (Å²) in [5, 5.41) is 12.8. The van der Waals surface area contributed by atoms with E-state index in [1.54, 1.807) is 12.1 Å². The minimum atomic E-state index is -4.53. The molecule has 150 valence electrons. The number of ether oxygens (including phenoxy) is 2. The fourth-order valence-electron chi connectivity index (χ4n) is 2.42. The van der Waals surface area contributed by atoms with Crippen LogP contribution in [0.3, 0.4) is 0 Å². The van der Waals surface area contributed by atoms with Crippen LogP contribution in [0.4, 0.5) is 13.2 Å². The first-order chi connectivity index (χ1) is 13.2. The normalized spacial score (nSPS) is 13.4. The average Bonchev–Trinajstić information content (AvgIpc) is 2.70. The van der Waals surface area contributed by atoms with Crippen LogP contribution < -0.4 is 10.1 Å². The molecule has 2 aromatic rings. The van der Waals surface area contributed by atoms with Gasteiger partial charge in [0.15, 0.2) is 6.04 Å². The lowest BCUT2D eigenvalue weighted by atomic mass is 10.0. The Labute approximate surface area is 158 Å². The van der Waals surface area contributed by atoms with E-state index in [9.17, 15) is 27.9 Å². The van der Waals surface area contributed by atoms with Gasteiger partial charge in [-0.1, -0.05) is 12.1 Å². The van der Waals surface area contributed by atoms with Gasteiger partial charge >= 0.3 is 12.1 Å². The van der Waals surface area contributed by atoms with E-state index in [2.05, 4.69) is 10.1 Å². The Morgan fingerprint density at radius 3 is 2.04 bits per heavy atom.